The number of amides is 1. The quantitative estimate of drug-likeness (QED) is 0.663. The number of anilines is 1. The van der Waals surface area contributed by atoms with Crippen LogP contribution in [0, 0.1) is 17.5 Å². The zero-order valence-electron chi connectivity index (χ0n) is 10.1. The largest absolute Gasteiger partial charge is 0.469 e. The Hall–Kier alpha value is -2.05. The van der Waals surface area contributed by atoms with Crippen LogP contribution in [0.3, 0.4) is 0 Å². The van der Waals surface area contributed by atoms with Crippen LogP contribution < -0.4 is 5.32 Å². The molecule has 7 heteroatoms. The minimum atomic E-state index is -1.59. The zero-order valence-corrected chi connectivity index (χ0v) is 10.1. The van der Waals surface area contributed by atoms with Crippen LogP contribution in [0.4, 0.5) is 18.9 Å². The fourth-order valence-electron chi connectivity index (χ4n) is 1.35. The van der Waals surface area contributed by atoms with Gasteiger partial charge in [0.1, 0.15) is 0 Å². The van der Waals surface area contributed by atoms with Crippen LogP contribution in [0.5, 0.6) is 0 Å². The monoisotopic (exact) mass is 275 g/mol. The van der Waals surface area contributed by atoms with Gasteiger partial charge in [-0.1, -0.05) is 0 Å². The molecule has 1 aromatic carbocycles. The van der Waals surface area contributed by atoms with E-state index in [-0.39, 0.29) is 24.9 Å². The summed E-state index contributed by atoms with van der Waals surface area (Å²) in [6, 6.07) is 1.35. The highest BCUT2D eigenvalue weighted by Gasteiger charge is 2.12. The lowest BCUT2D eigenvalue weighted by atomic mass is 10.2. The molecule has 0 saturated heterocycles. The van der Waals surface area contributed by atoms with Crippen molar-refractivity contribution in [3.8, 4) is 0 Å². The number of halogens is 3. The molecule has 0 aromatic heterocycles. The molecule has 4 nitrogen and oxygen atoms in total. The van der Waals surface area contributed by atoms with Crippen molar-refractivity contribution in [2.75, 3.05) is 12.4 Å². The Labute approximate surface area is 107 Å². The van der Waals surface area contributed by atoms with Gasteiger partial charge in [-0.05, 0) is 6.42 Å². The van der Waals surface area contributed by atoms with Crippen LogP contribution in [0.2, 0.25) is 0 Å². The Morgan fingerprint density at radius 3 is 2.26 bits per heavy atom. The van der Waals surface area contributed by atoms with Gasteiger partial charge in [0.2, 0.25) is 5.91 Å². The van der Waals surface area contributed by atoms with Crippen LogP contribution in [0.1, 0.15) is 19.3 Å². The van der Waals surface area contributed by atoms with E-state index in [1.54, 1.807) is 0 Å². The molecular weight excluding hydrogens is 263 g/mol. The number of ether oxygens (including phenoxy) is 1. The summed E-state index contributed by atoms with van der Waals surface area (Å²) in [5, 5.41) is 2.20. The molecule has 0 heterocycles. The Morgan fingerprint density at radius 1 is 1.16 bits per heavy atom. The smallest absolute Gasteiger partial charge is 0.305 e. The first-order chi connectivity index (χ1) is 8.93. The zero-order chi connectivity index (χ0) is 14.4. The number of nitrogens with one attached hydrogen (secondary N) is 1. The maximum Gasteiger partial charge on any atom is 0.305 e. The van der Waals surface area contributed by atoms with Crippen molar-refractivity contribution in [3.05, 3.63) is 29.6 Å². The van der Waals surface area contributed by atoms with Gasteiger partial charge in [-0.2, -0.15) is 0 Å². The fraction of sp³-hybridized carbons (Fsp3) is 0.333. The second-order valence-electron chi connectivity index (χ2n) is 3.73. The third-order valence-corrected chi connectivity index (χ3v) is 2.28. The van der Waals surface area contributed by atoms with Crippen molar-refractivity contribution in [3.63, 3.8) is 0 Å². The van der Waals surface area contributed by atoms with Crippen LogP contribution >= 0.6 is 0 Å². The third kappa shape index (κ3) is 4.61. The van der Waals surface area contributed by atoms with E-state index >= 15 is 0 Å². The van der Waals surface area contributed by atoms with E-state index in [4.69, 9.17) is 0 Å². The van der Waals surface area contributed by atoms with Crippen molar-refractivity contribution in [1.29, 1.82) is 0 Å². The molecule has 0 unspecified atom stereocenters. The summed E-state index contributed by atoms with van der Waals surface area (Å²) in [6.45, 7) is 0. The normalized spacial score (nSPS) is 10.1. The topological polar surface area (TPSA) is 55.4 Å². The number of hydrogen-bond acceptors (Lipinski definition) is 3. The molecule has 1 amide bonds. The second kappa shape index (κ2) is 6.77. The maximum absolute atomic E-state index is 12.9. The number of carbonyl (C=O) groups excluding carboxylic acids is 2. The predicted octanol–water partition coefficient (Wildman–Crippen LogP) is 2.39. The first kappa shape index (κ1) is 15.0. The van der Waals surface area contributed by atoms with Crippen molar-refractivity contribution in [1.82, 2.24) is 0 Å². The number of hydrogen-bond donors (Lipinski definition) is 1. The third-order valence-electron chi connectivity index (χ3n) is 2.28. The predicted molar refractivity (Wildman–Crippen MR) is 60.8 cm³/mol. The van der Waals surface area contributed by atoms with Crippen LogP contribution in [0.25, 0.3) is 0 Å². The van der Waals surface area contributed by atoms with Crippen LogP contribution in [-0.2, 0) is 14.3 Å². The van der Waals surface area contributed by atoms with Crippen molar-refractivity contribution >= 4 is 17.6 Å². The molecule has 1 rings (SSSR count). The van der Waals surface area contributed by atoms with Gasteiger partial charge < -0.3 is 10.1 Å². The molecule has 1 N–H and O–H groups in total. The van der Waals surface area contributed by atoms with E-state index < -0.39 is 29.3 Å². The molecule has 19 heavy (non-hydrogen) atoms. The lowest BCUT2D eigenvalue weighted by Gasteiger charge is -2.06. The fourth-order valence-corrected chi connectivity index (χ4v) is 1.35. The Morgan fingerprint density at radius 2 is 1.74 bits per heavy atom. The lowest BCUT2D eigenvalue weighted by molar-refractivity contribution is -0.140. The average molecular weight is 275 g/mol. The van der Waals surface area contributed by atoms with Crippen LogP contribution in [-0.4, -0.2) is 19.0 Å². The summed E-state index contributed by atoms with van der Waals surface area (Å²) >= 11 is 0. The molecule has 0 aliphatic heterocycles. The molecule has 0 spiro atoms. The summed E-state index contributed by atoms with van der Waals surface area (Å²) in [5.74, 6) is -5.35. The van der Waals surface area contributed by atoms with Gasteiger partial charge in [0.15, 0.2) is 17.5 Å². The number of benzene rings is 1. The molecule has 0 aliphatic rings. The average Bonchev–Trinajstić information content (AvgIpc) is 2.35. The molecule has 0 saturated carbocycles. The number of esters is 1. The van der Waals surface area contributed by atoms with Crippen molar-refractivity contribution < 1.29 is 27.5 Å². The highest BCUT2D eigenvalue weighted by Crippen LogP contribution is 2.17. The molecular formula is C12H12F3NO3. The maximum atomic E-state index is 12.9. The summed E-state index contributed by atoms with van der Waals surface area (Å²) in [7, 11) is 1.23. The summed E-state index contributed by atoms with van der Waals surface area (Å²) in [4.78, 5) is 22.2. The minimum absolute atomic E-state index is 0.0181. The molecule has 1 aromatic rings. The highest BCUT2D eigenvalue weighted by molar-refractivity contribution is 5.90. The van der Waals surface area contributed by atoms with Crippen molar-refractivity contribution in [2.24, 2.45) is 0 Å². The second-order valence-corrected chi connectivity index (χ2v) is 3.73. The highest BCUT2D eigenvalue weighted by atomic mass is 19.2. The van der Waals surface area contributed by atoms with E-state index in [2.05, 4.69) is 10.1 Å². The number of methoxy groups -OCH3 is 1. The molecule has 0 atom stereocenters. The van der Waals surface area contributed by atoms with E-state index in [1.807, 2.05) is 0 Å². The summed E-state index contributed by atoms with van der Waals surface area (Å²) in [6.07, 6.45) is 0.288. The van der Waals surface area contributed by atoms with E-state index in [0.717, 1.165) is 0 Å². The Balaban J connectivity index is 2.51. The first-order valence-electron chi connectivity index (χ1n) is 5.45. The van der Waals surface area contributed by atoms with Crippen molar-refractivity contribution in [2.45, 2.75) is 19.3 Å². The van der Waals surface area contributed by atoms with Gasteiger partial charge >= 0.3 is 5.97 Å². The minimum Gasteiger partial charge on any atom is -0.469 e. The lowest BCUT2D eigenvalue weighted by Crippen LogP contribution is -2.13. The van der Waals surface area contributed by atoms with E-state index in [9.17, 15) is 22.8 Å². The summed E-state index contributed by atoms with van der Waals surface area (Å²) in [5.41, 5.74) is -0.181. The Bertz CT molecular complexity index is 468. The SMILES string of the molecule is COC(=O)CCCC(=O)Nc1cc(F)c(F)c(F)c1. The van der Waals surface area contributed by atoms with Gasteiger partial charge in [-0.15, -0.1) is 0 Å². The van der Waals surface area contributed by atoms with Gasteiger partial charge in [-0.25, -0.2) is 13.2 Å². The summed E-state index contributed by atoms with van der Waals surface area (Å²) < 4.78 is 42.8. The van der Waals surface area contributed by atoms with Gasteiger partial charge in [0, 0.05) is 30.7 Å². The number of carbonyl (C=O) groups is 2. The molecule has 0 bridgehead atoms. The van der Waals surface area contributed by atoms with E-state index in [1.165, 1.54) is 7.11 Å². The molecule has 0 fully saturated rings. The van der Waals surface area contributed by atoms with Gasteiger partial charge in [-0.3, -0.25) is 9.59 Å². The molecule has 0 radical (unpaired) electrons. The standard InChI is InChI=1S/C12H12F3NO3/c1-19-11(18)4-2-3-10(17)16-7-5-8(13)12(15)9(14)6-7/h5-6H,2-4H2,1H3,(H,16,17). The van der Waals surface area contributed by atoms with Gasteiger partial charge in [0.25, 0.3) is 0 Å². The Kier molecular flexibility index (Phi) is 5.35. The van der Waals surface area contributed by atoms with E-state index in [0.29, 0.717) is 12.1 Å². The van der Waals surface area contributed by atoms with Gasteiger partial charge in [0.05, 0.1) is 7.11 Å². The molecule has 0 aliphatic carbocycles. The first-order valence-corrected chi connectivity index (χ1v) is 5.45. The molecule has 104 valence electrons. The number of rotatable bonds is 5. The van der Waals surface area contributed by atoms with Crippen LogP contribution in [0.15, 0.2) is 12.1 Å².